The zero-order chi connectivity index (χ0) is 16.8. The largest absolute Gasteiger partial charge is 0.373 e. The Morgan fingerprint density at radius 1 is 1.25 bits per heavy atom. The Morgan fingerprint density at radius 3 is 2.88 bits per heavy atom. The van der Waals surface area contributed by atoms with Crippen molar-refractivity contribution in [2.75, 3.05) is 18.9 Å². The van der Waals surface area contributed by atoms with Gasteiger partial charge < -0.3 is 10.2 Å². The minimum absolute atomic E-state index is 0.131. The van der Waals surface area contributed by atoms with Crippen molar-refractivity contribution in [3.05, 3.63) is 59.8 Å². The zero-order valence-electron chi connectivity index (χ0n) is 14.2. The number of aromatic nitrogens is 1. The van der Waals surface area contributed by atoms with Crippen LogP contribution in [0.15, 0.2) is 48.7 Å². The third kappa shape index (κ3) is 3.94. The van der Waals surface area contributed by atoms with Crippen molar-refractivity contribution in [2.45, 2.75) is 38.1 Å². The monoisotopic (exact) mass is 323 g/mol. The predicted molar refractivity (Wildman–Crippen MR) is 97.2 cm³/mol. The second kappa shape index (κ2) is 7.95. The van der Waals surface area contributed by atoms with Gasteiger partial charge in [0.15, 0.2) is 0 Å². The van der Waals surface area contributed by atoms with E-state index in [1.54, 1.807) is 6.20 Å². The molecule has 1 aromatic heterocycles. The van der Waals surface area contributed by atoms with Gasteiger partial charge in [-0.1, -0.05) is 30.3 Å². The maximum Gasteiger partial charge on any atom is 0.254 e. The van der Waals surface area contributed by atoms with Crippen molar-refractivity contribution >= 4 is 11.7 Å². The molecule has 1 saturated heterocycles. The van der Waals surface area contributed by atoms with Crippen molar-refractivity contribution in [3.63, 3.8) is 0 Å². The molecule has 4 nitrogen and oxygen atoms in total. The van der Waals surface area contributed by atoms with Gasteiger partial charge in [-0.3, -0.25) is 4.79 Å². The Morgan fingerprint density at radius 2 is 2.08 bits per heavy atom. The van der Waals surface area contributed by atoms with Crippen LogP contribution in [0.1, 0.15) is 41.6 Å². The molecule has 1 fully saturated rings. The molecular formula is C20H25N3O. The molecule has 0 unspecified atom stereocenters. The van der Waals surface area contributed by atoms with E-state index in [0.29, 0.717) is 6.04 Å². The highest BCUT2D eigenvalue weighted by Crippen LogP contribution is 2.24. The van der Waals surface area contributed by atoms with Crippen LogP contribution in [0.4, 0.5) is 5.82 Å². The number of likely N-dealkylation sites (tertiary alicyclic amines) is 1. The van der Waals surface area contributed by atoms with E-state index in [0.717, 1.165) is 43.6 Å². The van der Waals surface area contributed by atoms with E-state index in [1.165, 1.54) is 12.0 Å². The van der Waals surface area contributed by atoms with Crippen molar-refractivity contribution < 1.29 is 4.79 Å². The van der Waals surface area contributed by atoms with E-state index in [-0.39, 0.29) is 5.91 Å². The van der Waals surface area contributed by atoms with Crippen LogP contribution < -0.4 is 5.32 Å². The normalized spacial score (nSPS) is 17.5. The first-order valence-electron chi connectivity index (χ1n) is 8.76. The Kier molecular flexibility index (Phi) is 5.47. The van der Waals surface area contributed by atoms with Crippen LogP contribution in [0, 0.1) is 0 Å². The SMILES string of the molecule is CNc1cc(C(=O)N2CCCC[C@H]2CCc2ccccc2)ccn1. The Bertz CT molecular complexity index is 672. The number of benzene rings is 1. The van der Waals surface area contributed by atoms with E-state index < -0.39 is 0 Å². The van der Waals surface area contributed by atoms with E-state index in [4.69, 9.17) is 0 Å². The number of amides is 1. The van der Waals surface area contributed by atoms with Gasteiger partial charge in [-0.25, -0.2) is 4.98 Å². The molecule has 1 amide bonds. The van der Waals surface area contributed by atoms with Crippen LogP contribution in [-0.4, -0.2) is 35.4 Å². The van der Waals surface area contributed by atoms with Crippen LogP contribution in [0.5, 0.6) is 0 Å². The summed E-state index contributed by atoms with van der Waals surface area (Å²) in [6.45, 7) is 0.857. The summed E-state index contributed by atoms with van der Waals surface area (Å²) in [5.74, 6) is 0.866. The molecule has 0 aliphatic carbocycles. The summed E-state index contributed by atoms with van der Waals surface area (Å²) >= 11 is 0. The summed E-state index contributed by atoms with van der Waals surface area (Å²) < 4.78 is 0. The second-order valence-electron chi connectivity index (χ2n) is 6.35. The number of anilines is 1. The molecule has 4 heteroatoms. The number of nitrogens with zero attached hydrogens (tertiary/aromatic N) is 2. The average molecular weight is 323 g/mol. The molecule has 2 heterocycles. The number of hydrogen-bond acceptors (Lipinski definition) is 3. The third-order valence-electron chi connectivity index (χ3n) is 4.76. The van der Waals surface area contributed by atoms with E-state index in [2.05, 4.69) is 39.5 Å². The molecule has 1 aromatic carbocycles. The second-order valence-corrected chi connectivity index (χ2v) is 6.35. The molecule has 0 radical (unpaired) electrons. The number of carbonyl (C=O) groups is 1. The molecule has 1 atom stereocenters. The fraction of sp³-hybridized carbons (Fsp3) is 0.400. The molecule has 3 rings (SSSR count). The lowest BCUT2D eigenvalue weighted by molar-refractivity contribution is 0.0602. The smallest absolute Gasteiger partial charge is 0.254 e. The molecule has 0 saturated carbocycles. The van der Waals surface area contributed by atoms with Gasteiger partial charge in [-0.2, -0.15) is 0 Å². The molecule has 126 valence electrons. The highest BCUT2D eigenvalue weighted by Gasteiger charge is 2.27. The number of piperidine rings is 1. The minimum atomic E-state index is 0.131. The molecular weight excluding hydrogens is 298 g/mol. The van der Waals surface area contributed by atoms with Gasteiger partial charge in [0.2, 0.25) is 0 Å². The first-order valence-corrected chi connectivity index (χ1v) is 8.76. The summed E-state index contributed by atoms with van der Waals surface area (Å²) in [6.07, 6.45) is 7.15. The first-order chi connectivity index (χ1) is 11.8. The first kappa shape index (κ1) is 16.5. The van der Waals surface area contributed by atoms with Crippen molar-refractivity contribution in [3.8, 4) is 0 Å². The van der Waals surface area contributed by atoms with Gasteiger partial charge in [0.1, 0.15) is 5.82 Å². The summed E-state index contributed by atoms with van der Waals surface area (Å²) in [5, 5.41) is 3.00. The third-order valence-corrected chi connectivity index (χ3v) is 4.76. The topological polar surface area (TPSA) is 45.2 Å². The average Bonchev–Trinajstić information content (AvgIpc) is 2.67. The highest BCUT2D eigenvalue weighted by molar-refractivity contribution is 5.95. The lowest BCUT2D eigenvalue weighted by atomic mass is 9.95. The Hall–Kier alpha value is -2.36. The summed E-state index contributed by atoms with van der Waals surface area (Å²) in [7, 11) is 1.82. The summed E-state index contributed by atoms with van der Waals surface area (Å²) in [5.41, 5.74) is 2.07. The quantitative estimate of drug-likeness (QED) is 0.911. The number of aryl methyl sites for hydroxylation is 1. The van der Waals surface area contributed by atoms with Crippen LogP contribution in [0.2, 0.25) is 0 Å². The number of hydrogen-bond donors (Lipinski definition) is 1. The van der Waals surface area contributed by atoms with Gasteiger partial charge in [-0.15, -0.1) is 0 Å². The van der Waals surface area contributed by atoms with Crippen LogP contribution in [0.25, 0.3) is 0 Å². The van der Waals surface area contributed by atoms with E-state index in [1.807, 2.05) is 25.2 Å². The zero-order valence-corrected chi connectivity index (χ0v) is 14.2. The Balaban J connectivity index is 1.70. The fourth-order valence-corrected chi connectivity index (χ4v) is 3.41. The van der Waals surface area contributed by atoms with Crippen LogP contribution in [-0.2, 0) is 6.42 Å². The highest BCUT2D eigenvalue weighted by atomic mass is 16.2. The predicted octanol–water partition coefficient (Wildman–Crippen LogP) is 3.75. The number of nitrogens with one attached hydrogen (secondary N) is 1. The minimum Gasteiger partial charge on any atom is -0.373 e. The maximum atomic E-state index is 13.0. The lowest BCUT2D eigenvalue weighted by Crippen LogP contribution is -2.44. The summed E-state index contributed by atoms with van der Waals surface area (Å²) in [6, 6.07) is 14.5. The Labute approximate surface area is 143 Å². The van der Waals surface area contributed by atoms with E-state index >= 15 is 0 Å². The molecule has 1 aliphatic heterocycles. The number of carbonyl (C=O) groups excluding carboxylic acids is 1. The molecule has 0 bridgehead atoms. The van der Waals surface area contributed by atoms with Crippen molar-refractivity contribution in [1.82, 2.24) is 9.88 Å². The molecule has 0 spiro atoms. The standard InChI is InChI=1S/C20H25N3O/c1-21-19-15-17(12-13-22-19)20(24)23-14-6-5-9-18(23)11-10-16-7-3-2-4-8-16/h2-4,7-8,12-13,15,18H,5-6,9-11,14H2,1H3,(H,21,22)/t18-/m0/s1. The van der Waals surface area contributed by atoms with Gasteiger partial charge in [-0.05, 0) is 49.8 Å². The molecule has 1 N–H and O–H groups in total. The summed E-state index contributed by atoms with van der Waals surface area (Å²) in [4.78, 5) is 19.2. The van der Waals surface area contributed by atoms with Gasteiger partial charge in [0, 0.05) is 31.4 Å². The molecule has 1 aliphatic rings. The number of rotatable bonds is 5. The fourth-order valence-electron chi connectivity index (χ4n) is 3.41. The molecule has 24 heavy (non-hydrogen) atoms. The van der Waals surface area contributed by atoms with Gasteiger partial charge in [0.05, 0.1) is 0 Å². The van der Waals surface area contributed by atoms with Gasteiger partial charge in [0.25, 0.3) is 5.91 Å². The lowest BCUT2D eigenvalue weighted by Gasteiger charge is -2.36. The number of pyridine rings is 1. The van der Waals surface area contributed by atoms with Gasteiger partial charge >= 0.3 is 0 Å². The van der Waals surface area contributed by atoms with Crippen LogP contribution >= 0.6 is 0 Å². The van der Waals surface area contributed by atoms with E-state index in [9.17, 15) is 4.79 Å². The van der Waals surface area contributed by atoms with Crippen molar-refractivity contribution in [2.24, 2.45) is 0 Å². The van der Waals surface area contributed by atoms with Crippen molar-refractivity contribution in [1.29, 1.82) is 0 Å². The molecule has 2 aromatic rings. The van der Waals surface area contributed by atoms with Crippen LogP contribution in [0.3, 0.4) is 0 Å². The maximum absolute atomic E-state index is 13.0.